The maximum Gasteiger partial charge on any atom is 0.228 e. The molecule has 1 aromatic carbocycles. The Morgan fingerprint density at radius 1 is 1.24 bits per heavy atom. The molecule has 0 radical (unpaired) electrons. The Morgan fingerprint density at radius 3 is 2.62 bits per heavy atom. The van der Waals surface area contributed by atoms with E-state index in [1.807, 2.05) is 4.90 Å². The molecule has 21 heavy (non-hydrogen) atoms. The van der Waals surface area contributed by atoms with Crippen LogP contribution in [0.2, 0.25) is 5.02 Å². The first-order chi connectivity index (χ1) is 10.1. The summed E-state index contributed by atoms with van der Waals surface area (Å²) < 4.78 is 13.1. The van der Waals surface area contributed by atoms with E-state index in [0.29, 0.717) is 12.1 Å². The third kappa shape index (κ3) is 3.02. The lowest BCUT2D eigenvalue weighted by atomic mass is 10.2. The molecule has 0 bridgehead atoms. The van der Waals surface area contributed by atoms with Crippen molar-refractivity contribution in [1.29, 1.82) is 0 Å². The van der Waals surface area contributed by atoms with E-state index < -0.39 is 5.82 Å². The number of carbonyl (C=O) groups excluding carboxylic acids is 2. The number of halogens is 2. The highest BCUT2D eigenvalue weighted by atomic mass is 35.5. The second-order valence-corrected chi connectivity index (χ2v) is 6.01. The van der Waals surface area contributed by atoms with E-state index in [9.17, 15) is 14.0 Å². The number of benzene rings is 1. The Morgan fingerprint density at radius 2 is 1.95 bits per heavy atom. The molecule has 0 aromatic heterocycles. The number of anilines is 1. The van der Waals surface area contributed by atoms with E-state index in [4.69, 9.17) is 11.6 Å². The van der Waals surface area contributed by atoms with Crippen molar-refractivity contribution < 1.29 is 14.0 Å². The van der Waals surface area contributed by atoms with Gasteiger partial charge in [-0.05, 0) is 37.5 Å². The van der Waals surface area contributed by atoms with E-state index >= 15 is 0 Å². The number of hydrogen-bond acceptors (Lipinski definition) is 2. The topological polar surface area (TPSA) is 49.4 Å². The summed E-state index contributed by atoms with van der Waals surface area (Å²) in [7, 11) is 0. The van der Waals surface area contributed by atoms with Gasteiger partial charge >= 0.3 is 0 Å². The molecule has 2 fully saturated rings. The molecule has 1 heterocycles. The Kier molecular flexibility index (Phi) is 3.85. The molecule has 1 aromatic rings. The summed E-state index contributed by atoms with van der Waals surface area (Å²) in [4.78, 5) is 26.1. The monoisotopic (exact) mass is 310 g/mol. The Labute approximate surface area is 127 Å². The lowest BCUT2D eigenvalue weighted by molar-refractivity contribution is -0.133. The molecule has 2 amide bonds. The van der Waals surface area contributed by atoms with Gasteiger partial charge in [-0.2, -0.15) is 0 Å². The zero-order valence-electron chi connectivity index (χ0n) is 11.4. The second-order valence-electron chi connectivity index (χ2n) is 5.60. The molecular formula is C15H16ClFN2O2. The summed E-state index contributed by atoms with van der Waals surface area (Å²) in [6, 6.07) is 4.03. The molecule has 6 heteroatoms. The van der Waals surface area contributed by atoms with Crippen molar-refractivity contribution in [2.24, 2.45) is 11.8 Å². The molecular weight excluding hydrogens is 295 g/mol. The van der Waals surface area contributed by atoms with Gasteiger partial charge in [0.1, 0.15) is 5.82 Å². The molecule has 4 nitrogen and oxygen atoms in total. The molecule has 1 saturated heterocycles. The first-order valence-corrected chi connectivity index (χ1v) is 7.49. The van der Waals surface area contributed by atoms with Crippen LogP contribution in [0.4, 0.5) is 10.1 Å². The van der Waals surface area contributed by atoms with Gasteiger partial charge in [0.2, 0.25) is 11.8 Å². The minimum Gasteiger partial charge on any atom is -0.342 e. The van der Waals surface area contributed by atoms with E-state index in [1.54, 1.807) is 0 Å². The van der Waals surface area contributed by atoms with Gasteiger partial charge in [0.05, 0.1) is 16.9 Å². The number of nitrogens with one attached hydrogen (secondary N) is 1. The molecule has 2 atom stereocenters. The van der Waals surface area contributed by atoms with Crippen LogP contribution in [-0.2, 0) is 9.59 Å². The van der Waals surface area contributed by atoms with Crippen molar-refractivity contribution in [1.82, 2.24) is 4.90 Å². The lowest BCUT2D eigenvalue weighted by Crippen LogP contribution is -2.30. The quantitative estimate of drug-likeness (QED) is 0.933. The maximum absolute atomic E-state index is 13.1. The van der Waals surface area contributed by atoms with E-state index in [1.165, 1.54) is 18.2 Å². The molecule has 2 aliphatic rings. The number of hydrogen-bond donors (Lipinski definition) is 1. The highest BCUT2D eigenvalue weighted by Gasteiger charge is 2.49. The minimum atomic E-state index is -0.525. The second kappa shape index (κ2) is 5.64. The summed E-state index contributed by atoms with van der Waals surface area (Å²) in [5.41, 5.74) is 0.450. The number of nitrogens with zero attached hydrogens (tertiary/aromatic N) is 1. The predicted molar refractivity (Wildman–Crippen MR) is 77.5 cm³/mol. The van der Waals surface area contributed by atoms with E-state index in [2.05, 4.69) is 5.32 Å². The SMILES string of the molecule is O=C(Nc1ccc(F)c(Cl)c1)C1CC1C(=O)N1CCCC1. The van der Waals surface area contributed by atoms with Gasteiger partial charge < -0.3 is 10.2 Å². The summed E-state index contributed by atoms with van der Waals surface area (Å²) in [6.07, 6.45) is 2.68. The number of rotatable bonds is 3. The van der Waals surface area contributed by atoms with Crippen molar-refractivity contribution in [3.63, 3.8) is 0 Å². The van der Waals surface area contributed by atoms with Crippen molar-refractivity contribution in [2.75, 3.05) is 18.4 Å². The maximum atomic E-state index is 13.1. The molecule has 112 valence electrons. The van der Waals surface area contributed by atoms with Gasteiger partial charge in [0.15, 0.2) is 0 Å². The standard InChI is InChI=1S/C15H16ClFN2O2/c16-12-7-9(3-4-13(12)17)18-14(20)10-8-11(10)15(21)19-5-1-2-6-19/h3-4,7,10-11H,1-2,5-6,8H2,(H,18,20). The van der Waals surface area contributed by atoms with Crippen LogP contribution in [0.15, 0.2) is 18.2 Å². The van der Waals surface area contributed by atoms with Gasteiger partial charge in [0, 0.05) is 18.8 Å². The first-order valence-electron chi connectivity index (χ1n) is 7.11. The van der Waals surface area contributed by atoms with Crippen molar-refractivity contribution in [3.8, 4) is 0 Å². The van der Waals surface area contributed by atoms with E-state index in [-0.39, 0.29) is 28.7 Å². The summed E-state index contributed by atoms with van der Waals surface area (Å²) in [6.45, 7) is 1.61. The van der Waals surface area contributed by atoms with Crippen molar-refractivity contribution in [2.45, 2.75) is 19.3 Å². The van der Waals surface area contributed by atoms with Gasteiger partial charge in [-0.15, -0.1) is 0 Å². The Hall–Kier alpha value is -1.62. The summed E-state index contributed by atoms with van der Waals surface area (Å²) >= 11 is 5.67. The fourth-order valence-electron chi connectivity index (χ4n) is 2.74. The lowest BCUT2D eigenvalue weighted by Gasteiger charge is -2.14. The highest BCUT2D eigenvalue weighted by Crippen LogP contribution is 2.41. The van der Waals surface area contributed by atoms with Gasteiger partial charge in [-0.3, -0.25) is 9.59 Å². The van der Waals surface area contributed by atoms with Crippen LogP contribution in [0.5, 0.6) is 0 Å². The third-order valence-electron chi connectivity index (χ3n) is 4.05. The van der Waals surface area contributed by atoms with Gasteiger partial charge in [0.25, 0.3) is 0 Å². The van der Waals surface area contributed by atoms with Crippen molar-refractivity contribution >= 4 is 29.1 Å². The van der Waals surface area contributed by atoms with Crippen molar-refractivity contribution in [3.05, 3.63) is 29.0 Å². The Bertz CT molecular complexity index is 587. The Balaban J connectivity index is 1.57. The number of carbonyl (C=O) groups is 2. The van der Waals surface area contributed by atoms with Crippen LogP contribution in [0.25, 0.3) is 0 Å². The van der Waals surface area contributed by atoms with Gasteiger partial charge in [-0.1, -0.05) is 11.6 Å². The number of likely N-dealkylation sites (tertiary alicyclic amines) is 1. The zero-order valence-corrected chi connectivity index (χ0v) is 12.2. The minimum absolute atomic E-state index is 0.0340. The van der Waals surface area contributed by atoms with Crippen LogP contribution in [0.3, 0.4) is 0 Å². The van der Waals surface area contributed by atoms with Crippen LogP contribution in [-0.4, -0.2) is 29.8 Å². The largest absolute Gasteiger partial charge is 0.342 e. The van der Waals surface area contributed by atoms with Crippen LogP contribution < -0.4 is 5.32 Å². The van der Waals surface area contributed by atoms with Crippen LogP contribution in [0.1, 0.15) is 19.3 Å². The first kappa shape index (κ1) is 14.3. The molecule has 1 aliphatic carbocycles. The summed E-state index contributed by atoms with van der Waals surface area (Å²) in [5, 5.41) is 2.65. The summed E-state index contributed by atoms with van der Waals surface area (Å²) in [5.74, 6) is -1.11. The smallest absolute Gasteiger partial charge is 0.228 e. The number of amides is 2. The van der Waals surface area contributed by atoms with Gasteiger partial charge in [-0.25, -0.2) is 4.39 Å². The molecule has 1 aliphatic heterocycles. The molecule has 3 rings (SSSR count). The normalized spacial score (nSPS) is 24.0. The molecule has 1 saturated carbocycles. The highest BCUT2D eigenvalue weighted by molar-refractivity contribution is 6.31. The average Bonchev–Trinajstić information content (AvgIpc) is 3.08. The zero-order chi connectivity index (χ0) is 15.0. The predicted octanol–water partition coefficient (Wildman–Crippen LogP) is 2.68. The van der Waals surface area contributed by atoms with Crippen LogP contribution in [0, 0.1) is 17.7 Å². The van der Waals surface area contributed by atoms with E-state index in [0.717, 1.165) is 25.9 Å². The molecule has 2 unspecified atom stereocenters. The average molecular weight is 311 g/mol. The fraction of sp³-hybridized carbons (Fsp3) is 0.467. The molecule has 1 N–H and O–H groups in total. The molecule has 0 spiro atoms. The van der Waals surface area contributed by atoms with Crippen LogP contribution >= 0.6 is 11.6 Å². The third-order valence-corrected chi connectivity index (χ3v) is 4.34. The fourth-order valence-corrected chi connectivity index (χ4v) is 2.92.